The van der Waals surface area contributed by atoms with Crippen LogP contribution in [0.25, 0.3) is 0 Å². The Bertz CT molecular complexity index is 446. The first kappa shape index (κ1) is 14.0. The third-order valence-electron chi connectivity index (χ3n) is 5.06. The molecular formula is C17H22F2O. The zero-order valence-electron chi connectivity index (χ0n) is 11.8. The standard InChI is InChI=1S/C17H22F2O/c18-16-5-1-4-15(17(16)19)13-8-6-12(7-9-13)14-3-2-10-20-11-14/h1,4-5,12-14H,2-3,6-11H2. The molecule has 2 fully saturated rings. The van der Waals surface area contributed by atoms with Crippen molar-refractivity contribution in [1.82, 2.24) is 0 Å². The molecule has 1 nitrogen and oxygen atoms in total. The lowest BCUT2D eigenvalue weighted by atomic mass is 9.72. The van der Waals surface area contributed by atoms with Crippen LogP contribution in [0.3, 0.4) is 0 Å². The van der Waals surface area contributed by atoms with Crippen molar-refractivity contribution in [2.24, 2.45) is 11.8 Å². The van der Waals surface area contributed by atoms with E-state index in [1.165, 1.54) is 18.9 Å². The van der Waals surface area contributed by atoms with Gasteiger partial charge in [0, 0.05) is 13.2 Å². The van der Waals surface area contributed by atoms with Crippen molar-refractivity contribution >= 4 is 0 Å². The molecule has 1 aromatic carbocycles. The Kier molecular flexibility index (Phi) is 4.35. The van der Waals surface area contributed by atoms with Gasteiger partial charge in [0.15, 0.2) is 11.6 Å². The van der Waals surface area contributed by atoms with E-state index in [-0.39, 0.29) is 5.92 Å². The molecule has 0 spiro atoms. The Labute approximate surface area is 119 Å². The molecule has 0 amide bonds. The minimum atomic E-state index is -0.717. The van der Waals surface area contributed by atoms with Crippen molar-refractivity contribution in [3.05, 3.63) is 35.4 Å². The Morgan fingerprint density at radius 2 is 1.75 bits per heavy atom. The van der Waals surface area contributed by atoms with Crippen LogP contribution in [0.15, 0.2) is 18.2 Å². The minimum absolute atomic E-state index is 0.187. The number of hydrogen-bond acceptors (Lipinski definition) is 1. The number of hydrogen-bond donors (Lipinski definition) is 0. The molecule has 1 aliphatic carbocycles. The van der Waals surface area contributed by atoms with Gasteiger partial charge in [-0.25, -0.2) is 8.78 Å². The lowest BCUT2D eigenvalue weighted by molar-refractivity contribution is 0.0209. The minimum Gasteiger partial charge on any atom is -0.381 e. The molecule has 1 heterocycles. The molecule has 1 saturated carbocycles. The largest absolute Gasteiger partial charge is 0.381 e. The summed E-state index contributed by atoms with van der Waals surface area (Å²) >= 11 is 0. The van der Waals surface area contributed by atoms with Gasteiger partial charge in [0.05, 0.1) is 0 Å². The molecule has 2 aliphatic rings. The van der Waals surface area contributed by atoms with Crippen LogP contribution in [-0.4, -0.2) is 13.2 Å². The average Bonchev–Trinajstić information content (AvgIpc) is 2.51. The van der Waals surface area contributed by atoms with E-state index in [1.54, 1.807) is 12.1 Å². The molecule has 3 rings (SSSR count). The van der Waals surface area contributed by atoms with Gasteiger partial charge >= 0.3 is 0 Å². The third-order valence-corrected chi connectivity index (χ3v) is 5.06. The molecule has 1 aromatic rings. The van der Waals surface area contributed by atoms with Gasteiger partial charge in [0.25, 0.3) is 0 Å². The summed E-state index contributed by atoms with van der Waals surface area (Å²) in [7, 11) is 0. The summed E-state index contributed by atoms with van der Waals surface area (Å²) in [5.74, 6) is 0.221. The highest BCUT2D eigenvalue weighted by Crippen LogP contribution is 2.41. The lowest BCUT2D eigenvalue weighted by Gasteiger charge is -2.35. The van der Waals surface area contributed by atoms with Crippen LogP contribution in [0.1, 0.15) is 50.0 Å². The molecule has 1 aliphatic heterocycles. The molecule has 0 radical (unpaired) electrons. The fourth-order valence-electron chi connectivity index (χ4n) is 3.87. The smallest absolute Gasteiger partial charge is 0.162 e. The van der Waals surface area contributed by atoms with Gasteiger partial charge in [-0.05, 0) is 67.9 Å². The van der Waals surface area contributed by atoms with Gasteiger partial charge in [0.1, 0.15) is 0 Å². The summed E-state index contributed by atoms with van der Waals surface area (Å²) < 4.78 is 32.7. The summed E-state index contributed by atoms with van der Waals surface area (Å²) in [5, 5.41) is 0. The number of halogens is 2. The van der Waals surface area contributed by atoms with E-state index >= 15 is 0 Å². The Morgan fingerprint density at radius 1 is 0.950 bits per heavy atom. The molecule has 1 unspecified atom stereocenters. The summed E-state index contributed by atoms with van der Waals surface area (Å²) in [6, 6.07) is 4.56. The topological polar surface area (TPSA) is 9.23 Å². The predicted molar refractivity (Wildman–Crippen MR) is 74.6 cm³/mol. The van der Waals surface area contributed by atoms with E-state index < -0.39 is 11.6 Å². The van der Waals surface area contributed by atoms with Gasteiger partial charge in [-0.1, -0.05) is 12.1 Å². The van der Waals surface area contributed by atoms with Crippen molar-refractivity contribution in [2.45, 2.75) is 44.4 Å². The number of ether oxygens (including phenoxy) is 1. The first-order valence-electron chi connectivity index (χ1n) is 7.77. The average molecular weight is 280 g/mol. The lowest BCUT2D eigenvalue weighted by Crippen LogP contribution is -2.28. The molecule has 110 valence electrons. The number of rotatable bonds is 2. The maximum Gasteiger partial charge on any atom is 0.162 e. The van der Waals surface area contributed by atoms with E-state index in [1.807, 2.05) is 0 Å². The second-order valence-corrected chi connectivity index (χ2v) is 6.23. The predicted octanol–water partition coefficient (Wildman–Crippen LogP) is 4.67. The van der Waals surface area contributed by atoms with Crippen molar-refractivity contribution < 1.29 is 13.5 Å². The van der Waals surface area contributed by atoms with Crippen LogP contribution in [0.2, 0.25) is 0 Å². The van der Waals surface area contributed by atoms with Crippen LogP contribution < -0.4 is 0 Å². The molecular weight excluding hydrogens is 258 g/mol. The quantitative estimate of drug-likeness (QED) is 0.765. The normalized spacial score (nSPS) is 31.2. The number of benzene rings is 1. The van der Waals surface area contributed by atoms with E-state index in [0.717, 1.165) is 38.9 Å². The van der Waals surface area contributed by atoms with Crippen LogP contribution in [0.4, 0.5) is 8.78 Å². The van der Waals surface area contributed by atoms with Crippen molar-refractivity contribution in [3.8, 4) is 0 Å². The van der Waals surface area contributed by atoms with E-state index in [0.29, 0.717) is 17.4 Å². The van der Waals surface area contributed by atoms with Crippen molar-refractivity contribution in [3.63, 3.8) is 0 Å². The van der Waals surface area contributed by atoms with E-state index in [4.69, 9.17) is 4.74 Å². The molecule has 0 bridgehead atoms. The van der Waals surface area contributed by atoms with Gasteiger partial charge in [-0.3, -0.25) is 0 Å². The monoisotopic (exact) mass is 280 g/mol. The molecule has 20 heavy (non-hydrogen) atoms. The highest BCUT2D eigenvalue weighted by molar-refractivity contribution is 5.23. The van der Waals surface area contributed by atoms with Gasteiger partial charge in [0.2, 0.25) is 0 Å². The fraction of sp³-hybridized carbons (Fsp3) is 0.647. The van der Waals surface area contributed by atoms with Gasteiger partial charge in [-0.15, -0.1) is 0 Å². The maximum absolute atomic E-state index is 13.8. The zero-order chi connectivity index (χ0) is 13.9. The highest BCUT2D eigenvalue weighted by Gasteiger charge is 2.30. The first-order valence-corrected chi connectivity index (χ1v) is 7.77. The first-order chi connectivity index (χ1) is 9.75. The van der Waals surface area contributed by atoms with Crippen LogP contribution in [-0.2, 0) is 4.74 Å². The SMILES string of the molecule is Fc1cccc(C2CCC(C3CCCOC3)CC2)c1F. The summed E-state index contributed by atoms with van der Waals surface area (Å²) in [4.78, 5) is 0. The Balaban J connectivity index is 1.62. The summed E-state index contributed by atoms with van der Waals surface area (Å²) in [6.07, 6.45) is 6.62. The molecule has 0 aromatic heterocycles. The Hall–Kier alpha value is -0.960. The second kappa shape index (κ2) is 6.21. The summed E-state index contributed by atoms with van der Waals surface area (Å²) in [6.45, 7) is 1.80. The van der Waals surface area contributed by atoms with Crippen LogP contribution in [0, 0.1) is 23.5 Å². The highest BCUT2D eigenvalue weighted by atomic mass is 19.2. The molecule has 1 saturated heterocycles. The Morgan fingerprint density at radius 3 is 2.45 bits per heavy atom. The zero-order valence-corrected chi connectivity index (χ0v) is 11.8. The maximum atomic E-state index is 13.8. The molecule has 0 N–H and O–H groups in total. The second-order valence-electron chi connectivity index (χ2n) is 6.23. The summed E-state index contributed by atoms with van der Waals surface area (Å²) in [5.41, 5.74) is 0.573. The van der Waals surface area contributed by atoms with Gasteiger partial charge in [-0.2, -0.15) is 0 Å². The van der Waals surface area contributed by atoms with Crippen molar-refractivity contribution in [1.29, 1.82) is 0 Å². The van der Waals surface area contributed by atoms with Crippen LogP contribution in [0.5, 0.6) is 0 Å². The van der Waals surface area contributed by atoms with E-state index in [2.05, 4.69) is 0 Å². The van der Waals surface area contributed by atoms with Gasteiger partial charge < -0.3 is 4.74 Å². The van der Waals surface area contributed by atoms with Crippen molar-refractivity contribution in [2.75, 3.05) is 13.2 Å². The van der Waals surface area contributed by atoms with E-state index in [9.17, 15) is 8.78 Å². The molecule has 1 atom stereocenters. The molecule has 3 heteroatoms. The third kappa shape index (κ3) is 2.88. The van der Waals surface area contributed by atoms with Crippen LogP contribution >= 0.6 is 0 Å². The fourth-order valence-corrected chi connectivity index (χ4v) is 3.87.